The maximum atomic E-state index is 9.10. The summed E-state index contributed by atoms with van der Waals surface area (Å²) in [5, 5.41) is 21.1. The van der Waals surface area contributed by atoms with Gasteiger partial charge in [0.15, 0.2) is 0 Å². The summed E-state index contributed by atoms with van der Waals surface area (Å²) in [6.07, 6.45) is 3.57. The van der Waals surface area contributed by atoms with Crippen LogP contribution in [0.2, 0.25) is 0 Å². The highest BCUT2D eigenvalue weighted by Gasteiger charge is 2.15. The van der Waals surface area contributed by atoms with Crippen molar-refractivity contribution >= 4 is 21.4 Å². The highest BCUT2D eigenvalue weighted by molar-refractivity contribution is 7.17. The Morgan fingerprint density at radius 1 is 1.17 bits per heavy atom. The lowest BCUT2D eigenvalue weighted by molar-refractivity contribution is 0.281. The Morgan fingerprint density at radius 2 is 2.04 bits per heavy atom. The molecule has 0 spiro atoms. The standard InChI is InChI=1S/C18H16N4OS/c1-12(15-11-24-18-5-3-2-4-14(15)18)22-9-17(20-21-22)16-7-6-13(10-23)8-19-16/h2-9,11-12,23H,10H2,1H3/t12-/m0/s1. The molecule has 1 atom stereocenters. The van der Waals surface area contributed by atoms with E-state index in [-0.39, 0.29) is 12.6 Å². The largest absolute Gasteiger partial charge is 0.392 e. The summed E-state index contributed by atoms with van der Waals surface area (Å²) in [7, 11) is 0. The fourth-order valence-corrected chi connectivity index (χ4v) is 3.77. The zero-order valence-corrected chi connectivity index (χ0v) is 13.9. The molecule has 24 heavy (non-hydrogen) atoms. The number of aliphatic hydroxyl groups excluding tert-OH is 1. The summed E-state index contributed by atoms with van der Waals surface area (Å²) in [4.78, 5) is 4.33. The molecular weight excluding hydrogens is 320 g/mol. The zero-order valence-electron chi connectivity index (χ0n) is 13.1. The third-order valence-electron chi connectivity index (χ3n) is 4.14. The Bertz CT molecular complexity index is 974. The van der Waals surface area contributed by atoms with E-state index >= 15 is 0 Å². The van der Waals surface area contributed by atoms with Gasteiger partial charge in [-0.05, 0) is 40.9 Å². The molecule has 0 fully saturated rings. The van der Waals surface area contributed by atoms with Gasteiger partial charge in [-0.25, -0.2) is 4.68 Å². The van der Waals surface area contributed by atoms with Gasteiger partial charge in [-0.3, -0.25) is 4.98 Å². The van der Waals surface area contributed by atoms with E-state index in [1.54, 1.807) is 17.5 Å². The first-order valence-corrected chi connectivity index (χ1v) is 8.58. The monoisotopic (exact) mass is 336 g/mol. The number of fused-ring (bicyclic) bond motifs is 1. The summed E-state index contributed by atoms with van der Waals surface area (Å²) in [6, 6.07) is 12.2. The van der Waals surface area contributed by atoms with Crippen LogP contribution >= 0.6 is 11.3 Å². The lowest BCUT2D eigenvalue weighted by Gasteiger charge is -2.10. The molecule has 4 rings (SSSR count). The van der Waals surface area contributed by atoms with Crippen LogP contribution in [0.25, 0.3) is 21.5 Å². The molecule has 0 unspecified atom stereocenters. The molecule has 120 valence electrons. The van der Waals surface area contributed by atoms with E-state index in [9.17, 15) is 0 Å². The van der Waals surface area contributed by atoms with Crippen LogP contribution in [0.15, 0.2) is 54.2 Å². The molecule has 0 aliphatic carbocycles. The Kier molecular flexibility index (Phi) is 3.84. The van der Waals surface area contributed by atoms with Gasteiger partial charge >= 0.3 is 0 Å². The number of hydrogen-bond donors (Lipinski definition) is 1. The van der Waals surface area contributed by atoms with Gasteiger partial charge in [0.2, 0.25) is 0 Å². The molecule has 0 radical (unpaired) electrons. The topological polar surface area (TPSA) is 63.8 Å². The van der Waals surface area contributed by atoms with E-state index in [0.29, 0.717) is 0 Å². The molecular formula is C18H16N4OS. The van der Waals surface area contributed by atoms with Gasteiger partial charge in [0.25, 0.3) is 0 Å². The van der Waals surface area contributed by atoms with Crippen LogP contribution < -0.4 is 0 Å². The van der Waals surface area contributed by atoms with E-state index in [4.69, 9.17) is 5.11 Å². The van der Waals surface area contributed by atoms with Crippen LogP contribution in [-0.4, -0.2) is 25.1 Å². The van der Waals surface area contributed by atoms with E-state index < -0.39 is 0 Å². The number of aromatic nitrogens is 4. The molecule has 5 nitrogen and oxygen atoms in total. The second kappa shape index (κ2) is 6.14. The minimum Gasteiger partial charge on any atom is -0.392 e. The molecule has 0 saturated heterocycles. The second-order valence-electron chi connectivity index (χ2n) is 5.66. The second-order valence-corrected chi connectivity index (χ2v) is 6.57. The van der Waals surface area contributed by atoms with Gasteiger partial charge in [0.1, 0.15) is 5.69 Å². The lowest BCUT2D eigenvalue weighted by atomic mass is 10.1. The van der Waals surface area contributed by atoms with Crippen molar-refractivity contribution in [2.24, 2.45) is 0 Å². The van der Waals surface area contributed by atoms with Crippen LogP contribution in [0.5, 0.6) is 0 Å². The number of aliphatic hydroxyl groups is 1. The van der Waals surface area contributed by atoms with E-state index in [1.807, 2.05) is 23.0 Å². The van der Waals surface area contributed by atoms with Crippen molar-refractivity contribution in [1.82, 2.24) is 20.0 Å². The SMILES string of the molecule is C[C@@H](c1csc2ccccc12)n1cc(-c2ccc(CO)cn2)nn1. The number of rotatable bonds is 4. The van der Waals surface area contributed by atoms with Gasteiger partial charge in [-0.1, -0.05) is 29.5 Å². The molecule has 4 aromatic rings. The van der Waals surface area contributed by atoms with Gasteiger partial charge in [0.05, 0.1) is 24.5 Å². The first-order valence-electron chi connectivity index (χ1n) is 7.70. The van der Waals surface area contributed by atoms with Crippen molar-refractivity contribution in [2.45, 2.75) is 19.6 Å². The number of pyridine rings is 1. The third kappa shape index (κ3) is 2.60. The van der Waals surface area contributed by atoms with Crippen LogP contribution in [0.1, 0.15) is 24.1 Å². The molecule has 0 saturated carbocycles. The Hall–Kier alpha value is -2.57. The van der Waals surface area contributed by atoms with Gasteiger partial charge in [-0.15, -0.1) is 16.4 Å². The molecule has 1 N–H and O–H groups in total. The van der Waals surface area contributed by atoms with Crippen LogP contribution in [0, 0.1) is 0 Å². The quantitative estimate of drug-likeness (QED) is 0.618. The fraction of sp³-hybridized carbons (Fsp3) is 0.167. The van der Waals surface area contributed by atoms with Crippen molar-refractivity contribution in [1.29, 1.82) is 0 Å². The van der Waals surface area contributed by atoms with E-state index in [1.165, 1.54) is 15.6 Å². The highest BCUT2D eigenvalue weighted by Crippen LogP contribution is 2.32. The maximum absolute atomic E-state index is 9.10. The summed E-state index contributed by atoms with van der Waals surface area (Å²) < 4.78 is 3.15. The number of nitrogens with zero attached hydrogens (tertiary/aromatic N) is 4. The van der Waals surface area contributed by atoms with E-state index in [0.717, 1.165) is 17.0 Å². The summed E-state index contributed by atoms with van der Waals surface area (Å²) in [6.45, 7) is 2.11. The number of hydrogen-bond acceptors (Lipinski definition) is 5. The Morgan fingerprint density at radius 3 is 2.83 bits per heavy atom. The van der Waals surface area contributed by atoms with Crippen LogP contribution in [0.4, 0.5) is 0 Å². The van der Waals surface area contributed by atoms with Gasteiger partial charge in [0, 0.05) is 10.9 Å². The van der Waals surface area contributed by atoms with Crippen molar-refractivity contribution in [3.8, 4) is 11.4 Å². The van der Waals surface area contributed by atoms with Crippen LogP contribution in [-0.2, 0) is 6.61 Å². The zero-order chi connectivity index (χ0) is 16.5. The summed E-state index contributed by atoms with van der Waals surface area (Å²) >= 11 is 1.75. The van der Waals surface area contributed by atoms with E-state index in [2.05, 4.69) is 51.9 Å². The van der Waals surface area contributed by atoms with Gasteiger partial charge in [-0.2, -0.15) is 0 Å². The molecule has 3 aromatic heterocycles. The van der Waals surface area contributed by atoms with Crippen LogP contribution in [0.3, 0.4) is 0 Å². The lowest BCUT2D eigenvalue weighted by Crippen LogP contribution is -2.06. The first-order chi connectivity index (χ1) is 11.8. The summed E-state index contributed by atoms with van der Waals surface area (Å²) in [5.74, 6) is 0. The average Bonchev–Trinajstić information content (AvgIpc) is 3.28. The molecule has 0 aliphatic rings. The molecule has 6 heteroatoms. The predicted octanol–water partition coefficient (Wildman–Crippen LogP) is 3.66. The highest BCUT2D eigenvalue weighted by atomic mass is 32.1. The van der Waals surface area contributed by atoms with Crippen molar-refractivity contribution < 1.29 is 5.11 Å². The third-order valence-corrected chi connectivity index (χ3v) is 5.12. The van der Waals surface area contributed by atoms with Crippen molar-refractivity contribution in [3.63, 3.8) is 0 Å². The number of benzene rings is 1. The van der Waals surface area contributed by atoms with Gasteiger partial charge < -0.3 is 5.11 Å². The smallest absolute Gasteiger partial charge is 0.131 e. The molecule has 3 heterocycles. The fourth-order valence-electron chi connectivity index (χ4n) is 2.72. The average molecular weight is 336 g/mol. The minimum atomic E-state index is -0.0117. The minimum absolute atomic E-state index is 0.0117. The van der Waals surface area contributed by atoms with Crippen molar-refractivity contribution in [2.75, 3.05) is 0 Å². The predicted molar refractivity (Wildman–Crippen MR) is 94.8 cm³/mol. The molecule has 0 bridgehead atoms. The Balaban J connectivity index is 1.66. The normalized spacial score (nSPS) is 12.6. The first kappa shape index (κ1) is 15.0. The Labute approximate surface area is 143 Å². The molecule has 0 amide bonds. The number of thiophene rings is 1. The van der Waals surface area contributed by atoms with Crippen molar-refractivity contribution in [3.05, 3.63) is 65.3 Å². The summed E-state index contributed by atoms with van der Waals surface area (Å²) in [5.41, 5.74) is 3.51. The molecule has 1 aromatic carbocycles. The maximum Gasteiger partial charge on any atom is 0.131 e. The molecule has 0 aliphatic heterocycles.